The van der Waals surface area contributed by atoms with Gasteiger partial charge in [0.05, 0.1) is 5.69 Å². The van der Waals surface area contributed by atoms with E-state index in [2.05, 4.69) is 10.6 Å². The molecule has 0 aliphatic heterocycles. The lowest BCUT2D eigenvalue weighted by Crippen LogP contribution is -2.35. The van der Waals surface area contributed by atoms with E-state index in [4.69, 9.17) is 23.8 Å². The van der Waals surface area contributed by atoms with Gasteiger partial charge in [0.2, 0.25) is 0 Å². The fraction of sp³-hybridized carbons (Fsp3) is 0.0526. The number of benzene rings is 2. The lowest BCUT2D eigenvalue weighted by Gasteiger charge is -2.10. The van der Waals surface area contributed by atoms with E-state index in [0.29, 0.717) is 10.7 Å². The summed E-state index contributed by atoms with van der Waals surface area (Å²) in [5, 5.41) is 7.64. The number of hydrogen-bond acceptors (Lipinski definition) is 3. The Morgan fingerprint density at radius 3 is 2.37 bits per heavy atom. The van der Waals surface area contributed by atoms with Crippen LogP contribution in [0.4, 0.5) is 14.5 Å². The topological polar surface area (TPSA) is 41.1 Å². The second-order valence-corrected chi connectivity index (χ2v) is 7.34. The zero-order valence-corrected chi connectivity index (χ0v) is 16.4. The third kappa shape index (κ3) is 4.32. The van der Waals surface area contributed by atoms with Crippen LogP contribution in [0.2, 0.25) is 5.02 Å². The molecule has 0 saturated heterocycles. The van der Waals surface area contributed by atoms with Gasteiger partial charge in [-0.25, -0.2) is 8.78 Å². The van der Waals surface area contributed by atoms with Crippen molar-refractivity contribution in [1.82, 2.24) is 5.32 Å². The molecular weight excluding hydrogens is 410 g/mol. The summed E-state index contributed by atoms with van der Waals surface area (Å²) >= 11 is 12.5. The van der Waals surface area contributed by atoms with Gasteiger partial charge in [0.25, 0.3) is 5.91 Å². The molecule has 0 bridgehead atoms. The first-order valence-electron chi connectivity index (χ1n) is 7.77. The zero-order chi connectivity index (χ0) is 19.6. The van der Waals surface area contributed by atoms with E-state index in [1.165, 1.54) is 17.4 Å². The average Bonchev–Trinajstić information content (AvgIpc) is 2.96. The molecule has 0 aliphatic rings. The summed E-state index contributed by atoms with van der Waals surface area (Å²) in [6.07, 6.45) is 0. The van der Waals surface area contributed by atoms with Crippen LogP contribution in [0.1, 0.15) is 15.9 Å². The van der Waals surface area contributed by atoms with E-state index in [0.717, 1.165) is 28.1 Å². The van der Waals surface area contributed by atoms with Gasteiger partial charge in [-0.3, -0.25) is 10.1 Å². The van der Waals surface area contributed by atoms with Crippen LogP contribution in [0, 0.1) is 18.6 Å². The third-order valence-corrected chi connectivity index (χ3v) is 5.40. The van der Waals surface area contributed by atoms with Crippen LogP contribution in [0.25, 0.3) is 10.4 Å². The number of amides is 1. The number of hydrogen-bond donors (Lipinski definition) is 2. The molecule has 3 rings (SSSR count). The standard InChI is InChI=1S/C19H13ClF2N2OS2/c1-10-15(9-27-17(10)11-5-7-12(20)8-6-11)23-19(26)24-18(25)16-13(21)3-2-4-14(16)22/h2-9H,1H3,(H2,23,24,25,26). The number of carbonyl (C=O) groups excluding carboxylic acids is 1. The third-order valence-electron chi connectivity index (χ3n) is 3.81. The predicted octanol–water partition coefficient (Wildman–Crippen LogP) is 5.78. The van der Waals surface area contributed by atoms with Crippen molar-refractivity contribution in [2.75, 3.05) is 5.32 Å². The molecule has 3 nitrogen and oxygen atoms in total. The Labute approximate surface area is 169 Å². The molecule has 1 heterocycles. The molecule has 1 aromatic heterocycles. The summed E-state index contributed by atoms with van der Waals surface area (Å²) < 4.78 is 27.4. The number of rotatable bonds is 3. The maximum absolute atomic E-state index is 13.7. The molecular formula is C19H13ClF2N2OS2. The SMILES string of the molecule is Cc1c(NC(=S)NC(=O)c2c(F)cccc2F)csc1-c1ccc(Cl)cc1. The minimum Gasteiger partial charge on any atom is -0.331 e. The highest BCUT2D eigenvalue weighted by molar-refractivity contribution is 7.80. The Balaban J connectivity index is 1.73. The summed E-state index contributed by atoms with van der Waals surface area (Å²) in [4.78, 5) is 13.1. The molecule has 0 aliphatic carbocycles. The second kappa shape index (κ2) is 8.12. The fourth-order valence-corrected chi connectivity index (χ4v) is 3.82. The normalized spacial score (nSPS) is 10.5. The number of anilines is 1. The highest BCUT2D eigenvalue weighted by Gasteiger charge is 2.18. The Kier molecular flexibility index (Phi) is 5.84. The summed E-state index contributed by atoms with van der Waals surface area (Å²) in [6, 6.07) is 10.6. The van der Waals surface area contributed by atoms with Gasteiger partial charge in [-0.05, 0) is 54.5 Å². The van der Waals surface area contributed by atoms with Crippen molar-refractivity contribution in [3.63, 3.8) is 0 Å². The van der Waals surface area contributed by atoms with Crippen molar-refractivity contribution < 1.29 is 13.6 Å². The van der Waals surface area contributed by atoms with E-state index in [1.807, 2.05) is 24.4 Å². The van der Waals surface area contributed by atoms with E-state index in [1.54, 1.807) is 12.1 Å². The largest absolute Gasteiger partial charge is 0.331 e. The van der Waals surface area contributed by atoms with Crippen molar-refractivity contribution in [3.05, 3.63) is 75.6 Å². The van der Waals surface area contributed by atoms with Gasteiger partial charge < -0.3 is 5.32 Å². The summed E-state index contributed by atoms with van der Waals surface area (Å²) in [5.74, 6) is -2.85. The Hall–Kier alpha value is -2.35. The van der Waals surface area contributed by atoms with Gasteiger partial charge in [-0.15, -0.1) is 11.3 Å². The molecule has 0 saturated carbocycles. The Bertz CT molecular complexity index is 999. The van der Waals surface area contributed by atoms with Crippen LogP contribution < -0.4 is 10.6 Å². The van der Waals surface area contributed by atoms with E-state index >= 15 is 0 Å². The van der Waals surface area contributed by atoms with E-state index in [-0.39, 0.29) is 5.11 Å². The van der Waals surface area contributed by atoms with E-state index in [9.17, 15) is 13.6 Å². The monoisotopic (exact) mass is 422 g/mol. The molecule has 27 heavy (non-hydrogen) atoms. The first-order valence-corrected chi connectivity index (χ1v) is 9.43. The molecule has 138 valence electrons. The average molecular weight is 423 g/mol. The maximum atomic E-state index is 13.7. The van der Waals surface area contributed by atoms with Crippen LogP contribution >= 0.6 is 35.2 Å². The first kappa shape index (κ1) is 19.4. The van der Waals surface area contributed by atoms with Crippen LogP contribution in [-0.2, 0) is 0 Å². The lowest BCUT2D eigenvalue weighted by molar-refractivity contribution is 0.0969. The Morgan fingerprint density at radius 2 is 1.74 bits per heavy atom. The van der Waals surface area contributed by atoms with Crippen LogP contribution in [0.3, 0.4) is 0 Å². The van der Waals surface area contributed by atoms with Crippen LogP contribution in [0.15, 0.2) is 47.8 Å². The predicted molar refractivity (Wildman–Crippen MR) is 110 cm³/mol. The smallest absolute Gasteiger partial charge is 0.263 e. The lowest BCUT2D eigenvalue weighted by atomic mass is 10.1. The quantitative estimate of drug-likeness (QED) is 0.525. The zero-order valence-electron chi connectivity index (χ0n) is 14.0. The number of thiophene rings is 1. The van der Waals surface area contributed by atoms with Crippen molar-refractivity contribution in [2.45, 2.75) is 6.92 Å². The fourth-order valence-electron chi connectivity index (χ4n) is 2.46. The molecule has 3 aromatic rings. The summed E-state index contributed by atoms with van der Waals surface area (Å²) in [6.45, 7) is 1.91. The van der Waals surface area contributed by atoms with Crippen LogP contribution in [-0.4, -0.2) is 11.0 Å². The number of halogens is 3. The van der Waals surface area contributed by atoms with Crippen molar-refractivity contribution in [2.24, 2.45) is 0 Å². The molecule has 0 unspecified atom stereocenters. The molecule has 0 spiro atoms. The Morgan fingerprint density at radius 1 is 1.11 bits per heavy atom. The van der Waals surface area contributed by atoms with Crippen molar-refractivity contribution in [3.8, 4) is 10.4 Å². The second-order valence-electron chi connectivity index (χ2n) is 5.62. The molecule has 8 heteroatoms. The summed E-state index contributed by atoms with van der Waals surface area (Å²) in [7, 11) is 0. The number of thiocarbonyl (C=S) groups is 1. The first-order chi connectivity index (χ1) is 12.9. The van der Waals surface area contributed by atoms with Gasteiger partial charge >= 0.3 is 0 Å². The number of carbonyl (C=O) groups is 1. The molecule has 2 N–H and O–H groups in total. The van der Waals surface area contributed by atoms with E-state index < -0.39 is 23.1 Å². The molecule has 0 atom stereocenters. The van der Waals surface area contributed by atoms with Crippen molar-refractivity contribution >= 4 is 51.9 Å². The van der Waals surface area contributed by atoms with Crippen molar-refractivity contribution in [1.29, 1.82) is 0 Å². The molecule has 0 radical (unpaired) electrons. The number of nitrogens with one attached hydrogen (secondary N) is 2. The molecule has 0 fully saturated rings. The minimum atomic E-state index is -0.952. The maximum Gasteiger partial charge on any atom is 0.263 e. The summed E-state index contributed by atoms with van der Waals surface area (Å²) in [5.41, 5.74) is 1.95. The van der Waals surface area contributed by atoms with Gasteiger partial charge in [0, 0.05) is 15.3 Å². The van der Waals surface area contributed by atoms with Gasteiger partial charge in [0.15, 0.2) is 5.11 Å². The molecule has 1 amide bonds. The molecule has 2 aromatic carbocycles. The van der Waals surface area contributed by atoms with Gasteiger partial charge in [-0.1, -0.05) is 29.8 Å². The van der Waals surface area contributed by atoms with Crippen LogP contribution in [0.5, 0.6) is 0 Å². The highest BCUT2D eigenvalue weighted by atomic mass is 35.5. The van der Waals surface area contributed by atoms with Gasteiger partial charge in [-0.2, -0.15) is 0 Å². The van der Waals surface area contributed by atoms with Gasteiger partial charge in [0.1, 0.15) is 17.2 Å². The minimum absolute atomic E-state index is 0.0498. The highest BCUT2D eigenvalue weighted by Crippen LogP contribution is 2.35.